The SMILES string of the molecule is C1=CC(c2cccs2)CS1. The van der Waals surface area contributed by atoms with Crippen LogP contribution in [-0.4, -0.2) is 5.75 Å². The van der Waals surface area contributed by atoms with Gasteiger partial charge in [-0.2, -0.15) is 0 Å². The summed E-state index contributed by atoms with van der Waals surface area (Å²) in [7, 11) is 0. The topological polar surface area (TPSA) is 0 Å². The van der Waals surface area contributed by atoms with Gasteiger partial charge in [0, 0.05) is 16.5 Å². The highest BCUT2D eigenvalue weighted by Crippen LogP contribution is 2.31. The number of rotatable bonds is 1. The summed E-state index contributed by atoms with van der Waals surface area (Å²) in [5, 5.41) is 4.34. The van der Waals surface area contributed by atoms with E-state index in [1.165, 1.54) is 10.6 Å². The number of hydrogen-bond donors (Lipinski definition) is 0. The molecule has 0 aromatic carbocycles. The van der Waals surface area contributed by atoms with Crippen LogP contribution in [0.5, 0.6) is 0 Å². The van der Waals surface area contributed by atoms with Crippen molar-refractivity contribution in [3.8, 4) is 0 Å². The lowest BCUT2D eigenvalue weighted by molar-refractivity contribution is 1.03. The zero-order valence-electron chi connectivity index (χ0n) is 5.49. The van der Waals surface area contributed by atoms with Crippen molar-refractivity contribution in [2.75, 3.05) is 5.75 Å². The second-order valence-electron chi connectivity index (χ2n) is 2.28. The molecule has 0 saturated carbocycles. The van der Waals surface area contributed by atoms with Crippen molar-refractivity contribution in [2.45, 2.75) is 5.92 Å². The van der Waals surface area contributed by atoms with E-state index in [-0.39, 0.29) is 0 Å². The molecule has 0 amide bonds. The molecule has 1 atom stereocenters. The Morgan fingerprint density at radius 3 is 3.10 bits per heavy atom. The standard InChI is InChI=1S/C8H8S2/c1-2-8(10-4-1)7-3-5-9-6-7/h1-5,7H,6H2. The first-order valence-electron chi connectivity index (χ1n) is 3.28. The molecule has 0 fully saturated rings. The molecule has 10 heavy (non-hydrogen) atoms. The molecule has 0 nitrogen and oxygen atoms in total. The number of thiophene rings is 1. The first-order valence-corrected chi connectivity index (χ1v) is 5.21. The van der Waals surface area contributed by atoms with Gasteiger partial charge in [0.15, 0.2) is 0 Å². The van der Waals surface area contributed by atoms with E-state index in [0.29, 0.717) is 5.92 Å². The smallest absolute Gasteiger partial charge is 0.0214 e. The average molecular weight is 168 g/mol. The molecule has 52 valence electrons. The summed E-state index contributed by atoms with van der Waals surface area (Å²) in [6.45, 7) is 0. The third-order valence-corrected chi connectivity index (χ3v) is 3.50. The van der Waals surface area contributed by atoms with Crippen LogP contribution < -0.4 is 0 Å². The third kappa shape index (κ3) is 1.13. The van der Waals surface area contributed by atoms with Gasteiger partial charge < -0.3 is 0 Å². The Labute approximate surface area is 69.0 Å². The van der Waals surface area contributed by atoms with Crippen molar-refractivity contribution in [1.82, 2.24) is 0 Å². The van der Waals surface area contributed by atoms with Crippen molar-refractivity contribution < 1.29 is 0 Å². The lowest BCUT2D eigenvalue weighted by Crippen LogP contribution is -1.88. The normalized spacial score (nSPS) is 23.8. The molecule has 0 aliphatic carbocycles. The maximum Gasteiger partial charge on any atom is 0.0214 e. The van der Waals surface area contributed by atoms with E-state index in [9.17, 15) is 0 Å². The highest BCUT2D eigenvalue weighted by atomic mass is 32.2. The predicted molar refractivity (Wildman–Crippen MR) is 48.7 cm³/mol. The second kappa shape index (κ2) is 2.81. The minimum absolute atomic E-state index is 0.699. The Kier molecular flexibility index (Phi) is 1.82. The highest BCUT2D eigenvalue weighted by molar-refractivity contribution is 8.02. The van der Waals surface area contributed by atoms with Crippen LogP contribution in [0.2, 0.25) is 0 Å². The molecule has 0 bridgehead atoms. The fourth-order valence-electron chi connectivity index (χ4n) is 1.04. The van der Waals surface area contributed by atoms with Gasteiger partial charge in [-0.25, -0.2) is 0 Å². The molecule has 2 rings (SSSR count). The predicted octanol–water partition coefficient (Wildman–Crippen LogP) is 3.09. The van der Waals surface area contributed by atoms with Gasteiger partial charge in [0.05, 0.1) is 0 Å². The molecule has 0 spiro atoms. The van der Waals surface area contributed by atoms with Crippen LogP contribution in [0.15, 0.2) is 29.0 Å². The number of allylic oxidation sites excluding steroid dienone is 1. The minimum atomic E-state index is 0.699. The quantitative estimate of drug-likeness (QED) is 0.621. The molecule has 0 N–H and O–H groups in total. The maximum atomic E-state index is 2.29. The van der Waals surface area contributed by atoms with Crippen molar-refractivity contribution in [2.24, 2.45) is 0 Å². The molecule has 1 aliphatic heterocycles. The molecule has 0 radical (unpaired) electrons. The summed E-state index contributed by atoms with van der Waals surface area (Å²) < 4.78 is 0. The molecule has 0 saturated heterocycles. The van der Waals surface area contributed by atoms with Crippen LogP contribution in [0, 0.1) is 0 Å². The van der Waals surface area contributed by atoms with Gasteiger partial charge in [0.2, 0.25) is 0 Å². The van der Waals surface area contributed by atoms with Gasteiger partial charge in [-0.05, 0) is 16.9 Å². The first-order chi connectivity index (χ1) is 4.97. The Bertz CT molecular complexity index is 223. The number of hydrogen-bond acceptors (Lipinski definition) is 2. The van der Waals surface area contributed by atoms with E-state index in [4.69, 9.17) is 0 Å². The van der Waals surface area contributed by atoms with Crippen molar-refractivity contribution in [3.63, 3.8) is 0 Å². The zero-order chi connectivity index (χ0) is 6.81. The van der Waals surface area contributed by atoms with Crippen LogP contribution in [0.25, 0.3) is 0 Å². The minimum Gasteiger partial charge on any atom is -0.148 e. The average Bonchev–Trinajstić information content (AvgIpc) is 2.59. The lowest BCUT2D eigenvalue weighted by Gasteiger charge is -2.00. The molecule has 1 aromatic rings. The van der Waals surface area contributed by atoms with Crippen molar-refractivity contribution in [1.29, 1.82) is 0 Å². The summed E-state index contributed by atoms with van der Waals surface area (Å²) in [5.41, 5.74) is 0. The lowest BCUT2D eigenvalue weighted by atomic mass is 10.1. The summed E-state index contributed by atoms with van der Waals surface area (Å²) in [6, 6.07) is 4.34. The van der Waals surface area contributed by atoms with Gasteiger partial charge in [-0.15, -0.1) is 23.1 Å². The van der Waals surface area contributed by atoms with Gasteiger partial charge in [0.1, 0.15) is 0 Å². The van der Waals surface area contributed by atoms with E-state index < -0.39 is 0 Å². The Balaban J connectivity index is 2.20. The van der Waals surface area contributed by atoms with E-state index in [1.807, 2.05) is 23.1 Å². The van der Waals surface area contributed by atoms with Crippen LogP contribution in [-0.2, 0) is 0 Å². The molecular weight excluding hydrogens is 160 g/mol. The van der Waals surface area contributed by atoms with E-state index in [1.54, 1.807) is 0 Å². The van der Waals surface area contributed by atoms with Crippen molar-refractivity contribution in [3.05, 3.63) is 33.9 Å². The zero-order valence-corrected chi connectivity index (χ0v) is 7.12. The summed E-state index contributed by atoms with van der Waals surface area (Å²) in [5.74, 6) is 1.94. The van der Waals surface area contributed by atoms with E-state index in [0.717, 1.165) is 0 Å². The largest absolute Gasteiger partial charge is 0.148 e. The van der Waals surface area contributed by atoms with Gasteiger partial charge in [-0.1, -0.05) is 12.1 Å². The third-order valence-electron chi connectivity index (χ3n) is 1.59. The molecule has 2 heterocycles. The monoisotopic (exact) mass is 168 g/mol. The Hall–Kier alpha value is -0.210. The van der Waals surface area contributed by atoms with E-state index in [2.05, 4.69) is 29.0 Å². The fourth-order valence-corrected chi connectivity index (χ4v) is 2.87. The van der Waals surface area contributed by atoms with Gasteiger partial charge >= 0.3 is 0 Å². The summed E-state index contributed by atoms with van der Waals surface area (Å²) in [6.07, 6.45) is 2.29. The van der Waals surface area contributed by atoms with E-state index >= 15 is 0 Å². The van der Waals surface area contributed by atoms with Crippen molar-refractivity contribution >= 4 is 23.1 Å². The van der Waals surface area contributed by atoms with Crippen LogP contribution in [0.4, 0.5) is 0 Å². The molecule has 1 aliphatic rings. The Morgan fingerprint density at radius 1 is 1.50 bits per heavy atom. The van der Waals surface area contributed by atoms with Crippen LogP contribution >= 0.6 is 23.1 Å². The van der Waals surface area contributed by atoms with Crippen LogP contribution in [0.3, 0.4) is 0 Å². The maximum absolute atomic E-state index is 2.29. The number of thioether (sulfide) groups is 1. The second-order valence-corrected chi connectivity index (χ2v) is 4.20. The first kappa shape index (κ1) is 6.50. The molecular formula is C8H8S2. The van der Waals surface area contributed by atoms with Gasteiger partial charge in [-0.3, -0.25) is 0 Å². The highest BCUT2D eigenvalue weighted by Gasteiger charge is 2.11. The summed E-state index contributed by atoms with van der Waals surface area (Å²) >= 11 is 3.76. The summed E-state index contributed by atoms with van der Waals surface area (Å²) in [4.78, 5) is 1.50. The molecule has 2 heteroatoms. The Morgan fingerprint density at radius 2 is 2.50 bits per heavy atom. The molecule has 1 aromatic heterocycles. The van der Waals surface area contributed by atoms with Crippen LogP contribution in [0.1, 0.15) is 10.8 Å². The van der Waals surface area contributed by atoms with Gasteiger partial charge in [0.25, 0.3) is 0 Å². The molecule has 1 unspecified atom stereocenters. The fraction of sp³-hybridized carbons (Fsp3) is 0.250.